The third kappa shape index (κ3) is 3.58. The van der Waals surface area contributed by atoms with Crippen LogP contribution in [0, 0.1) is 5.41 Å². The van der Waals surface area contributed by atoms with Crippen LogP contribution in [0.2, 0.25) is 0 Å². The van der Waals surface area contributed by atoms with E-state index in [0.717, 1.165) is 31.2 Å². The van der Waals surface area contributed by atoms with Crippen molar-refractivity contribution in [2.24, 2.45) is 5.41 Å². The van der Waals surface area contributed by atoms with Gasteiger partial charge in [0.05, 0.1) is 21.7 Å². The highest BCUT2D eigenvalue weighted by atomic mass is 32.2. The number of nitrogens with one attached hydrogen (secondary N) is 2. The molecule has 1 aliphatic carbocycles. The maximum absolute atomic E-state index is 12.9. The normalized spacial score (nSPS) is 18.1. The predicted molar refractivity (Wildman–Crippen MR) is 108 cm³/mol. The predicted octanol–water partition coefficient (Wildman–Crippen LogP) is 3.72. The maximum atomic E-state index is 12.9. The molecule has 7 heteroatoms. The average Bonchev–Trinajstić information content (AvgIpc) is 2.77. The Balaban J connectivity index is 1.60. The number of anilines is 2. The highest BCUT2D eigenvalue weighted by Gasteiger charge is 2.32. The molecule has 2 N–H and O–H groups in total. The van der Waals surface area contributed by atoms with Crippen molar-refractivity contribution in [2.45, 2.75) is 44.4 Å². The molecule has 0 saturated heterocycles. The molecule has 0 atom stereocenters. The summed E-state index contributed by atoms with van der Waals surface area (Å²) in [6, 6.07) is 10.2. The topological polar surface area (TPSA) is 84.5 Å². The minimum atomic E-state index is -3.72. The Bertz CT molecular complexity index is 1040. The third-order valence-electron chi connectivity index (χ3n) is 5.31. The monoisotopic (exact) mass is 400 g/mol. The van der Waals surface area contributed by atoms with Crippen LogP contribution in [0.4, 0.5) is 11.4 Å². The zero-order valence-electron chi connectivity index (χ0n) is 16.0. The summed E-state index contributed by atoms with van der Waals surface area (Å²) in [6.07, 6.45) is 4.16. The zero-order valence-corrected chi connectivity index (χ0v) is 16.9. The van der Waals surface area contributed by atoms with Crippen LogP contribution in [0.1, 0.15) is 37.8 Å². The summed E-state index contributed by atoms with van der Waals surface area (Å²) in [5.74, 6) is 0.358. The van der Waals surface area contributed by atoms with Crippen LogP contribution in [-0.4, -0.2) is 20.9 Å². The number of amides is 1. The molecule has 2 aromatic carbocycles. The second-order valence-corrected chi connectivity index (χ2v) is 9.76. The fourth-order valence-electron chi connectivity index (χ4n) is 3.52. The Morgan fingerprint density at radius 2 is 1.79 bits per heavy atom. The average molecular weight is 401 g/mol. The van der Waals surface area contributed by atoms with E-state index in [0.29, 0.717) is 17.1 Å². The van der Waals surface area contributed by atoms with Crippen molar-refractivity contribution in [3.63, 3.8) is 0 Å². The molecule has 2 aromatic rings. The fraction of sp³-hybridized carbons (Fsp3) is 0.381. The summed E-state index contributed by atoms with van der Waals surface area (Å²) in [7, 11) is -3.72. The lowest BCUT2D eigenvalue weighted by Crippen LogP contribution is -2.33. The van der Waals surface area contributed by atoms with Gasteiger partial charge in [0.2, 0.25) is 5.91 Å². The molecule has 0 fully saturated rings. The lowest BCUT2D eigenvalue weighted by molar-refractivity contribution is -0.124. The van der Waals surface area contributed by atoms with E-state index < -0.39 is 15.4 Å². The van der Waals surface area contributed by atoms with Crippen molar-refractivity contribution in [1.29, 1.82) is 0 Å². The summed E-state index contributed by atoms with van der Waals surface area (Å²) in [5, 5.41) is 2.82. The number of hydrogen-bond donors (Lipinski definition) is 2. The molecule has 0 spiro atoms. The molecule has 0 aromatic heterocycles. The van der Waals surface area contributed by atoms with E-state index in [1.807, 2.05) is 6.07 Å². The van der Waals surface area contributed by atoms with Crippen molar-refractivity contribution in [1.82, 2.24) is 0 Å². The van der Waals surface area contributed by atoms with Crippen LogP contribution in [0.3, 0.4) is 0 Å². The van der Waals surface area contributed by atoms with E-state index in [4.69, 9.17) is 4.74 Å². The largest absolute Gasteiger partial charge is 0.490 e. The van der Waals surface area contributed by atoms with Gasteiger partial charge in [-0.3, -0.25) is 9.52 Å². The van der Waals surface area contributed by atoms with E-state index in [-0.39, 0.29) is 17.4 Å². The van der Waals surface area contributed by atoms with Gasteiger partial charge in [0.25, 0.3) is 10.0 Å². The summed E-state index contributed by atoms with van der Waals surface area (Å²) in [5.41, 5.74) is 2.51. The van der Waals surface area contributed by atoms with Crippen LogP contribution in [0.15, 0.2) is 41.3 Å². The van der Waals surface area contributed by atoms with Crippen molar-refractivity contribution < 1.29 is 17.9 Å². The smallest absolute Gasteiger partial charge is 0.261 e. The molecule has 1 heterocycles. The van der Waals surface area contributed by atoms with Crippen LogP contribution in [0.25, 0.3) is 0 Å². The first-order chi connectivity index (χ1) is 13.2. The molecule has 0 saturated carbocycles. The van der Waals surface area contributed by atoms with Crippen molar-refractivity contribution in [3.05, 3.63) is 47.5 Å². The summed E-state index contributed by atoms with van der Waals surface area (Å²) in [6.45, 7) is 3.86. The second-order valence-electron chi connectivity index (χ2n) is 8.08. The van der Waals surface area contributed by atoms with E-state index >= 15 is 0 Å². The molecular formula is C21H24N2O4S. The lowest BCUT2D eigenvalue weighted by Gasteiger charge is -2.18. The summed E-state index contributed by atoms with van der Waals surface area (Å²) in [4.78, 5) is 12.6. The van der Waals surface area contributed by atoms with Crippen LogP contribution < -0.4 is 14.8 Å². The number of ether oxygens (including phenoxy) is 1. The molecule has 0 unspecified atom stereocenters. The number of sulfonamides is 1. The van der Waals surface area contributed by atoms with E-state index in [1.54, 1.807) is 44.2 Å². The quantitative estimate of drug-likeness (QED) is 0.822. The van der Waals surface area contributed by atoms with Gasteiger partial charge in [-0.15, -0.1) is 0 Å². The number of aryl methyl sites for hydroxylation is 2. The Kier molecular flexibility index (Phi) is 4.57. The Labute approximate surface area is 165 Å². The van der Waals surface area contributed by atoms with Crippen LogP contribution >= 0.6 is 0 Å². The van der Waals surface area contributed by atoms with Gasteiger partial charge < -0.3 is 10.1 Å². The van der Waals surface area contributed by atoms with E-state index in [9.17, 15) is 13.2 Å². The Hall–Kier alpha value is -2.54. The van der Waals surface area contributed by atoms with Gasteiger partial charge in [0, 0.05) is 0 Å². The number of benzene rings is 2. The van der Waals surface area contributed by atoms with Gasteiger partial charge >= 0.3 is 0 Å². The van der Waals surface area contributed by atoms with Gasteiger partial charge in [-0.2, -0.15) is 0 Å². The van der Waals surface area contributed by atoms with Gasteiger partial charge in [0.15, 0.2) is 0 Å². The van der Waals surface area contributed by atoms with Crippen molar-refractivity contribution in [2.75, 3.05) is 16.6 Å². The Morgan fingerprint density at radius 3 is 2.57 bits per heavy atom. The first-order valence-electron chi connectivity index (χ1n) is 9.48. The highest BCUT2D eigenvalue weighted by molar-refractivity contribution is 7.92. The zero-order chi connectivity index (χ0) is 19.9. The molecule has 0 radical (unpaired) electrons. The molecule has 2 aliphatic rings. The molecule has 4 rings (SSSR count). The van der Waals surface area contributed by atoms with Crippen LogP contribution in [0.5, 0.6) is 5.75 Å². The van der Waals surface area contributed by atoms with Gasteiger partial charge in [-0.25, -0.2) is 8.42 Å². The van der Waals surface area contributed by atoms with Gasteiger partial charge in [0.1, 0.15) is 12.4 Å². The summed E-state index contributed by atoms with van der Waals surface area (Å²) >= 11 is 0. The van der Waals surface area contributed by atoms with Crippen molar-refractivity contribution in [3.8, 4) is 5.75 Å². The van der Waals surface area contributed by atoms with Crippen LogP contribution in [-0.2, 0) is 27.7 Å². The first kappa shape index (κ1) is 18.8. The highest BCUT2D eigenvalue weighted by Crippen LogP contribution is 2.35. The van der Waals surface area contributed by atoms with E-state index in [2.05, 4.69) is 10.0 Å². The second kappa shape index (κ2) is 6.81. The fourth-order valence-corrected chi connectivity index (χ4v) is 4.62. The van der Waals surface area contributed by atoms with Gasteiger partial charge in [-0.05, 0) is 81.0 Å². The SMILES string of the molecule is CC1(C)COc2ccc(NS(=O)(=O)c3ccc4c(c3)CCCC4)cc2NC1=O. The number of fused-ring (bicyclic) bond motifs is 2. The van der Waals surface area contributed by atoms with E-state index in [1.165, 1.54) is 5.56 Å². The molecule has 148 valence electrons. The Morgan fingerprint density at radius 1 is 1.04 bits per heavy atom. The molecule has 1 amide bonds. The number of rotatable bonds is 3. The third-order valence-corrected chi connectivity index (χ3v) is 6.69. The molecule has 28 heavy (non-hydrogen) atoms. The minimum absolute atomic E-state index is 0.166. The number of carbonyl (C=O) groups excluding carboxylic acids is 1. The lowest BCUT2D eigenvalue weighted by atomic mass is 9.92. The minimum Gasteiger partial charge on any atom is -0.490 e. The first-order valence-corrected chi connectivity index (χ1v) is 11.0. The molecule has 1 aliphatic heterocycles. The standard InChI is InChI=1S/C21H24N2O4S/c1-21(2)13-27-19-10-8-16(12-18(19)22-20(21)24)23-28(25,26)17-9-7-14-5-3-4-6-15(14)11-17/h7-12,23H,3-6,13H2,1-2H3,(H,22,24). The summed E-state index contributed by atoms with van der Waals surface area (Å²) < 4.78 is 34.0. The number of carbonyl (C=O) groups is 1. The molecular weight excluding hydrogens is 376 g/mol. The molecule has 0 bridgehead atoms. The maximum Gasteiger partial charge on any atom is 0.261 e. The van der Waals surface area contributed by atoms with Crippen molar-refractivity contribution >= 4 is 27.3 Å². The number of hydrogen-bond acceptors (Lipinski definition) is 4. The molecule has 6 nitrogen and oxygen atoms in total. The van der Waals surface area contributed by atoms with Gasteiger partial charge in [-0.1, -0.05) is 6.07 Å².